The van der Waals surface area contributed by atoms with Gasteiger partial charge >= 0.3 is 0 Å². The van der Waals surface area contributed by atoms with Gasteiger partial charge in [0.25, 0.3) is 11.1 Å². The monoisotopic (exact) mass is 598 g/mol. The molecule has 5 heterocycles. The minimum atomic E-state index is -0.258. The third kappa shape index (κ3) is 5.79. The normalized spacial score (nSPS) is 17.1. The number of aromatic nitrogens is 6. The summed E-state index contributed by atoms with van der Waals surface area (Å²) in [5.74, 6) is 0.770. The maximum Gasteiger partial charge on any atom is 0.278 e. The van der Waals surface area contributed by atoms with E-state index in [1.54, 1.807) is 16.8 Å². The van der Waals surface area contributed by atoms with Gasteiger partial charge in [0.2, 0.25) is 5.95 Å². The molecule has 4 aromatic rings. The molecule has 2 aliphatic rings. The summed E-state index contributed by atoms with van der Waals surface area (Å²) in [6.07, 6.45) is 5.70. The second-order valence-corrected chi connectivity index (χ2v) is 12.2. The number of piperidine rings is 1. The van der Waals surface area contributed by atoms with E-state index in [-0.39, 0.29) is 23.7 Å². The van der Waals surface area contributed by atoms with Crippen LogP contribution >= 0.6 is 0 Å². The number of fused-ring (bicyclic) bond motifs is 1. The van der Waals surface area contributed by atoms with Gasteiger partial charge in [-0.25, -0.2) is 19.0 Å². The number of likely N-dealkylation sites (tertiary alicyclic amines) is 1. The molecule has 0 radical (unpaired) electrons. The van der Waals surface area contributed by atoms with E-state index in [0.29, 0.717) is 28.8 Å². The van der Waals surface area contributed by atoms with Gasteiger partial charge in [-0.1, -0.05) is 6.08 Å². The molecule has 6 rings (SSSR count). The molecule has 12 nitrogen and oxygen atoms in total. The molecule has 0 aliphatic carbocycles. The molecule has 1 aromatic carbocycles. The Kier molecular flexibility index (Phi) is 8.37. The van der Waals surface area contributed by atoms with Crippen LogP contribution in [-0.2, 0) is 6.54 Å². The summed E-state index contributed by atoms with van der Waals surface area (Å²) in [7, 11) is 2.22. The molecule has 1 N–H and O–H groups in total. The molecule has 2 saturated heterocycles. The summed E-state index contributed by atoms with van der Waals surface area (Å²) in [6.45, 7) is 16.6. The van der Waals surface area contributed by atoms with Crippen molar-refractivity contribution in [2.24, 2.45) is 0 Å². The SMILES string of the molecule is C=CCn1c(=O)c2cnc(Nc3ccc(N4CCN(C5CCN(C)CC5)CC4)c(C)c3)nc2n1-c1ccc(=O)n(C(C)C)n1. The average Bonchev–Trinajstić information content (AvgIpc) is 3.28. The second-order valence-electron chi connectivity index (χ2n) is 12.2. The number of anilines is 3. The van der Waals surface area contributed by atoms with Gasteiger partial charge in [0.1, 0.15) is 5.39 Å². The molecule has 12 heteroatoms. The van der Waals surface area contributed by atoms with Gasteiger partial charge in [-0.3, -0.25) is 14.5 Å². The van der Waals surface area contributed by atoms with Crippen LogP contribution in [0, 0.1) is 6.92 Å². The Bertz CT molecular complexity index is 1770. The summed E-state index contributed by atoms with van der Waals surface area (Å²) >= 11 is 0. The van der Waals surface area contributed by atoms with E-state index in [9.17, 15) is 9.59 Å². The molecular formula is C32H42N10O2. The first-order valence-corrected chi connectivity index (χ1v) is 15.5. The minimum absolute atomic E-state index is 0.148. The molecular weight excluding hydrogens is 556 g/mol. The molecule has 0 spiro atoms. The molecule has 0 amide bonds. The number of nitrogens with one attached hydrogen (secondary N) is 1. The number of hydrogen-bond donors (Lipinski definition) is 1. The van der Waals surface area contributed by atoms with Crippen molar-refractivity contribution in [2.75, 3.05) is 56.5 Å². The highest BCUT2D eigenvalue weighted by Gasteiger charge is 2.27. The van der Waals surface area contributed by atoms with E-state index in [4.69, 9.17) is 4.98 Å². The van der Waals surface area contributed by atoms with Crippen molar-refractivity contribution in [2.45, 2.75) is 52.2 Å². The lowest BCUT2D eigenvalue weighted by Crippen LogP contribution is -2.53. The van der Waals surface area contributed by atoms with Crippen LogP contribution in [0.15, 0.2) is 58.8 Å². The van der Waals surface area contributed by atoms with Crippen LogP contribution in [0.3, 0.4) is 0 Å². The molecule has 0 saturated carbocycles. The topological polar surface area (TPSA) is 109 Å². The second kappa shape index (κ2) is 12.4. The zero-order valence-electron chi connectivity index (χ0n) is 26.1. The summed E-state index contributed by atoms with van der Waals surface area (Å²) in [4.78, 5) is 42.5. The van der Waals surface area contributed by atoms with Crippen LogP contribution in [0.5, 0.6) is 0 Å². The van der Waals surface area contributed by atoms with E-state index in [1.807, 2.05) is 13.8 Å². The highest BCUT2D eigenvalue weighted by atomic mass is 16.1. The summed E-state index contributed by atoms with van der Waals surface area (Å²) in [6, 6.07) is 9.95. The first-order chi connectivity index (χ1) is 21.2. The van der Waals surface area contributed by atoms with Crippen LogP contribution in [0.25, 0.3) is 16.9 Å². The quantitative estimate of drug-likeness (QED) is 0.306. The summed E-state index contributed by atoms with van der Waals surface area (Å²) in [5, 5.41) is 8.22. The van der Waals surface area contributed by atoms with Gasteiger partial charge < -0.3 is 15.1 Å². The Balaban J connectivity index is 1.24. The fraction of sp³-hybridized carbons (Fsp3) is 0.469. The van der Waals surface area contributed by atoms with E-state index in [0.717, 1.165) is 31.9 Å². The number of nitrogens with zero attached hydrogens (tertiary/aromatic N) is 9. The Morgan fingerprint density at radius 2 is 1.80 bits per heavy atom. The number of hydrogen-bond acceptors (Lipinski definition) is 9. The lowest BCUT2D eigenvalue weighted by Gasteiger charge is -2.43. The lowest BCUT2D eigenvalue weighted by atomic mass is 10.0. The standard InChI is InChI=1S/C32H42N10O2/c1-6-13-40-31(44)26-21-33-32(35-30(26)42(40)28-9-10-29(43)41(36-28)22(2)3)34-24-7-8-27(23(4)20-24)39-18-16-38(17-19-39)25-11-14-37(5)15-12-25/h6-10,20-22,25H,1,11-19H2,2-5H3,(H,33,34,35). The number of allylic oxidation sites excluding steroid dienone is 1. The first kappa shape index (κ1) is 29.8. The largest absolute Gasteiger partial charge is 0.369 e. The Morgan fingerprint density at radius 3 is 2.48 bits per heavy atom. The smallest absolute Gasteiger partial charge is 0.278 e. The van der Waals surface area contributed by atoms with Gasteiger partial charge in [0, 0.05) is 55.9 Å². The zero-order chi connectivity index (χ0) is 31.0. The maximum atomic E-state index is 13.3. The van der Waals surface area contributed by atoms with E-state index in [2.05, 4.69) is 68.8 Å². The summed E-state index contributed by atoms with van der Waals surface area (Å²) in [5.41, 5.74) is 3.21. The molecule has 0 unspecified atom stereocenters. The third-order valence-electron chi connectivity index (χ3n) is 8.81. The Labute approximate surface area is 257 Å². The summed E-state index contributed by atoms with van der Waals surface area (Å²) < 4.78 is 4.52. The average molecular weight is 599 g/mol. The number of rotatable bonds is 8. The lowest BCUT2D eigenvalue weighted by molar-refractivity contribution is 0.115. The molecule has 44 heavy (non-hydrogen) atoms. The van der Waals surface area contributed by atoms with Gasteiger partial charge in [-0.2, -0.15) is 4.98 Å². The van der Waals surface area contributed by atoms with E-state index in [1.165, 1.54) is 58.8 Å². The van der Waals surface area contributed by atoms with Crippen molar-refractivity contribution in [3.05, 3.63) is 75.5 Å². The van der Waals surface area contributed by atoms with Gasteiger partial charge in [0.05, 0.1) is 12.6 Å². The molecule has 2 fully saturated rings. The van der Waals surface area contributed by atoms with Gasteiger partial charge in [-0.15, -0.1) is 11.7 Å². The fourth-order valence-corrected chi connectivity index (χ4v) is 6.41. The van der Waals surface area contributed by atoms with Crippen molar-refractivity contribution in [1.82, 2.24) is 38.9 Å². The van der Waals surface area contributed by atoms with Crippen LogP contribution < -0.4 is 21.3 Å². The predicted molar refractivity (Wildman–Crippen MR) is 175 cm³/mol. The van der Waals surface area contributed by atoms with Crippen molar-refractivity contribution in [3.8, 4) is 5.82 Å². The Morgan fingerprint density at radius 1 is 1.05 bits per heavy atom. The Hall–Kier alpha value is -4.29. The van der Waals surface area contributed by atoms with Crippen molar-refractivity contribution < 1.29 is 0 Å². The van der Waals surface area contributed by atoms with Gasteiger partial charge in [-0.05, 0) is 83.6 Å². The van der Waals surface area contributed by atoms with E-state index >= 15 is 0 Å². The zero-order valence-corrected chi connectivity index (χ0v) is 26.1. The van der Waals surface area contributed by atoms with E-state index < -0.39 is 0 Å². The third-order valence-corrected chi connectivity index (χ3v) is 8.81. The predicted octanol–water partition coefficient (Wildman–Crippen LogP) is 3.17. The highest BCUT2D eigenvalue weighted by molar-refractivity contribution is 5.77. The number of aryl methyl sites for hydroxylation is 1. The molecule has 232 valence electrons. The van der Waals surface area contributed by atoms with Crippen molar-refractivity contribution >= 4 is 28.4 Å². The first-order valence-electron chi connectivity index (χ1n) is 15.5. The maximum absolute atomic E-state index is 13.3. The molecule has 0 atom stereocenters. The van der Waals surface area contributed by atoms with Crippen molar-refractivity contribution in [1.29, 1.82) is 0 Å². The molecule has 3 aromatic heterocycles. The number of benzene rings is 1. The number of piperazine rings is 1. The molecule has 2 aliphatic heterocycles. The van der Waals surface area contributed by atoms with Crippen LogP contribution in [0.2, 0.25) is 0 Å². The van der Waals surface area contributed by atoms with Crippen LogP contribution in [-0.4, -0.2) is 91.3 Å². The minimum Gasteiger partial charge on any atom is -0.369 e. The molecule has 0 bridgehead atoms. The van der Waals surface area contributed by atoms with Gasteiger partial charge in [0.15, 0.2) is 11.5 Å². The van der Waals surface area contributed by atoms with Crippen LogP contribution in [0.1, 0.15) is 38.3 Å². The van der Waals surface area contributed by atoms with Crippen LogP contribution in [0.4, 0.5) is 17.3 Å². The fourth-order valence-electron chi connectivity index (χ4n) is 6.41. The highest BCUT2D eigenvalue weighted by Crippen LogP contribution is 2.27. The van der Waals surface area contributed by atoms with Crippen molar-refractivity contribution in [3.63, 3.8) is 0 Å².